The number of benzene rings is 3. The van der Waals surface area contributed by atoms with Crippen molar-refractivity contribution in [3.63, 3.8) is 0 Å². The summed E-state index contributed by atoms with van der Waals surface area (Å²) >= 11 is 5.98. The summed E-state index contributed by atoms with van der Waals surface area (Å²) in [5, 5.41) is 14.1. The van der Waals surface area contributed by atoms with E-state index in [1.54, 1.807) is 0 Å². The summed E-state index contributed by atoms with van der Waals surface area (Å²) in [7, 11) is 0. The van der Waals surface area contributed by atoms with Gasteiger partial charge in [-0.15, -0.1) is 0 Å². The first-order valence-electron chi connectivity index (χ1n) is 8.60. The van der Waals surface area contributed by atoms with Crippen LogP contribution in [0.1, 0.15) is 22.8 Å². The Labute approximate surface area is 159 Å². The SMILES string of the molecule is OC(CNCc1ccc(OCc2cccc(Cl)c2)cc1)c1ccccc1. The van der Waals surface area contributed by atoms with E-state index in [-0.39, 0.29) is 0 Å². The Kier molecular flexibility index (Phi) is 6.67. The van der Waals surface area contributed by atoms with Crippen molar-refractivity contribution in [2.75, 3.05) is 6.54 Å². The first kappa shape index (κ1) is 18.5. The second-order valence-corrected chi connectivity index (χ2v) is 6.56. The molecule has 3 rings (SSSR count). The van der Waals surface area contributed by atoms with Gasteiger partial charge in [-0.25, -0.2) is 0 Å². The molecule has 0 amide bonds. The minimum Gasteiger partial charge on any atom is -0.489 e. The van der Waals surface area contributed by atoms with Gasteiger partial charge >= 0.3 is 0 Å². The largest absolute Gasteiger partial charge is 0.489 e. The Morgan fingerprint density at radius 2 is 1.65 bits per heavy atom. The molecule has 26 heavy (non-hydrogen) atoms. The Morgan fingerprint density at radius 1 is 0.885 bits per heavy atom. The van der Waals surface area contributed by atoms with Gasteiger partial charge < -0.3 is 15.2 Å². The van der Waals surface area contributed by atoms with Crippen molar-refractivity contribution < 1.29 is 9.84 Å². The Hall–Kier alpha value is -2.33. The van der Waals surface area contributed by atoms with E-state index < -0.39 is 6.10 Å². The molecular weight excluding hydrogens is 346 g/mol. The Balaban J connectivity index is 1.44. The molecule has 0 bridgehead atoms. The summed E-state index contributed by atoms with van der Waals surface area (Å²) in [4.78, 5) is 0. The highest BCUT2D eigenvalue weighted by molar-refractivity contribution is 6.30. The van der Waals surface area contributed by atoms with Gasteiger partial charge in [0.2, 0.25) is 0 Å². The van der Waals surface area contributed by atoms with Crippen molar-refractivity contribution in [3.05, 3.63) is 101 Å². The summed E-state index contributed by atoms with van der Waals surface area (Å²) in [6.45, 7) is 1.69. The molecular formula is C22H22ClNO2. The van der Waals surface area contributed by atoms with Gasteiger partial charge in [-0.3, -0.25) is 0 Å². The number of ether oxygens (including phenoxy) is 1. The number of hydrogen-bond acceptors (Lipinski definition) is 3. The fourth-order valence-corrected chi connectivity index (χ4v) is 2.86. The molecule has 0 aliphatic carbocycles. The molecule has 1 atom stereocenters. The van der Waals surface area contributed by atoms with Gasteiger partial charge in [-0.2, -0.15) is 0 Å². The van der Waals surface area contributed by atoms with Crippen LogP contribution in [0.2, 0.25) is 5.02 Å². The van der Waals surface area contributed by atoms with Crippen LogP contribution in [0, 0.1) is 0 Å². The van der Waals surface area contributed by atoms with E-state index in [1.807, 2.05) is 78.9 Å². The highest BCUT2D eigenvalue weighted by Gasteiger charge is 2.06. The molecule has 0 saturated heterocycles. The Bertz CT molecular complexity index is 806. The van der Waals surface area contributed by atoms with Crippen LogP contribution in [0.5, 0.6) is 5.75 Å². The van der Waals surface area contributed by atoms with Gasteiger partial charge in [0, 0.05) is 18.1 Å². The number of halogens is 1. The molecule has 0 aliphatic rings. The van der Waals surface area contributed by atoms with E-state index >= 15 is 0 Å². The summed E-state index contributed by atoms with van der Waals surface area (Å²) < 4.78 is 5.78. The molecule has 0 fully saturated rings. The first-order chi connectivity index (χ1) is 12.7. The van der Waals surface area contributed by atoms with E-state index in [9.17, 15) is 5.11 Å². The fourth-order valence-electron chi connectivity index (χ4n) is 2.64. The molecule has 0 aliphatic heterocycles. The van der Waals surface area contributed by atoms with Gasteiger partial charge in [0.25, 0.3) is 0 Å². The lowest BCUT2D eigenvalue weighted by Gasteiger charge is -2.12. The lowest BCUT2D eigenvalue weighted by atomic mass is 10.1. The topological polar surface area (TPSA) is 41.5 Å². The standard InChI is InChI=1S/C22H22ClNO2/c23-20-8-4-5-18(13-20)16-26-21-11-9-17(10-12-21)14-24-15-22(25)19-6-2-1-3-7-19/h1-13,22,24-25H,14-16H2. The van der Waals surface area contributed by atoms with Gasteiger partial charge in [0.15, 0.2) is 0 Å². The normalized spacial score (nSPS) is 11.9. The third-order valence-electron chi connectivity index (χ3n) is 4.07. The van der Waals surface area contributed by atoms with Crippen LogP contribution in [0.25, 0.3) is 0 Å². The number of rotatable bonds is 8. The predicted molar refractivity (Wildman–Crippen MR) is 105 cm³/mol. The highest BCUT2D eigenvalue weighted by atomic mass is 35.5. The maximum Gasteiger partial charge on any atom is 0.119 e. The molecule has 0 aromatic heterocycles. The van der Waals surface area contributed by atoms with E-state index in [2.05, 4.69) is 5.32 Å². The molecule has 2 N–H and O–H groups in total. The van der Waals surface area contributed by atoms with Crippen molar-refractivity contribution in [3.8, 4) is 5.75 Å². The summed E-state index contributed by atoms with van der Waals surface area (Å²) in [5.41, 5.74) is 3.10. The zero-order valence-corrected chi connectivity index (χ0v) is 15.2. The van der Waals surface area contributed by atoms with E-state index in [4.69, 9.17) is 16.3 Å². The lowest BCUT2D eigenvalue weighted by molar-refractivity contribution is 0.174. The Morgan fingerprint density at radius 3 is 2.38 bits per heavy atom. The molecule has 134 valence electrons. The number of nitrogens with one attached hydrogen (secondary N) is 1. The third kappa shape index (κ3) is 5.60. The lowest BCUT2D eigenvalue weighted by Crippen LogP contribution is -2.20. The fraction of sp³-hybridized carbons (Fsp3) is 0.182. The highest BCUT2D eigenvalue weighted by Crippen LogP contribution is 2.17. The molecule has 0 saturated carbocycles. The molecule has 3 aromatic rings. The van der Waals surface area contributed by atoms with Crippen LogP contribution in [-0.2, 0) is 13.2 Å². The second kappa shape index (κ2) is 9.39. The summed E-state index contributed by atoms with van der Waals surface area (Å²) in [6.07, 6.45) is -0.503. The smallest absolute Gasteiger partial charge is 0.119 e. The summed E-state index contributed by atoms with van der Waals surface area (Å²) in [5.74, 6) is 0.818. The maximum absolute atomic E-state index is 10.1. The number of aliphatic hydroxyl groups excluding tert-OH is 1. The summed E-state index contributed by atoms with van der Waals surface area (Å²) in [6, 6.07) is 25.3. The van der Waals surface area contributed by atoms with Crippen LogP contribution in [0.3, 0.4) is 0 Å². The zero-order valence-electron chi connectivity index (χ0n) is 14.4. The van der Waals surface area contributed by atoms with Crippen molar-refractivity contribution in [1.82, 2.24) is 5.32 Å². The third-order valence-corrected chi connectivity index (χ3v) is 4.30. The van der Waals surface area contributed by atoms with Gasteiger partial charge in [-0.1, -0.05) is 66.2 Å². The average molecular weight is 368 g/mol. The quantitative estimate of drug-likeness (QED) is 0.604. The molecule has 1 unspecified atom stereocenters. The molecule has 3 aromatic carbocycles. The monoisotopic (exact) mass is 367 g/mol. The van der Waals surface area contributed by atoms with Crippen LogP contribution in [-0.4, -0.2) is 11.7 Å². The molecule has 0 radical (unpaired) electrons. The molecule has 3 nitrogen and oxygen atoms in total. The maximum atomic E-state index is 10.1. The van der Waals surface area contributed by atoms with E-state index in [0.717, 1.165) is 22.4 Å². The van der Waals surface area contributed by atoms with E-state index in [0.29, 0.717) is 24.7 Å². The van der Waals surface area contributed by atoms with E-state index in [1.165, 1.54) is 0 Å². The molecule has 0 spiro atoms. The first-order valence-corrected chi connectivity index (χ1v) is 8.98. The van der Waals surface area contributed by atoms with Gasteiger partial charge in [-0.05, 0) is 41.0 Å². The average Bonchev–Trinajstić information content (AvgIpc) is 2.68. The predicted octanol–water partition coefficient (Wildman–Crippen LogP) is 4.74. The van der Waals surface area contributed by atoms with Crippen molar-refractivity contribution in [2.45, 2.75) is 19.3 Å². The molecule has 4 heteroatoms. The van der Waals surface area contributed by atoms with Crippen molar-refractivity contribution >= 4 is 11.6 Å². The van der Waals surface area contributed by atoms with Crippen molar-refractivity contribution in [2.24, 2.45) is 0 Å². The minimum atomic E-state index is -0.503. The second-order valence-electron chi connectivity index (χ2n) is 6.12. The number of aliphatic hydroxyl groups is 1. The van der Waals surface area contributed by atoms with Crippen LogP contribution >= 0.6 is 11.6 Å². The zero-order chi connectivity index (χ0) is 18.2. The van der Waals surface area contributed by atoms with Crippen LogP contribution in [0.15, 0.2) is 78.9 Å². The van der Waals surface area contributed by atoms with Gasteiger partial charge in [0.1, 0.15) is 12.4 Å². The van der Waals surface area contributed by atoms with Crippen LogP contribution < -0.4 is 10.1 Å². The number of hydrogen-bond donors (Lipinski definition) is 2. The minimum absolute atomic E-state index is 0.488. The molecule has 0 heterocycles. The van der Waals surface area contributed by atoms with Crippen LogP contribution in [0.4, 0.5) is 0 Å². The van der Waals surface area contributed by atoms with Gasteiger partial charge in [0.05, 0.1) is 6.10 Å². The van der Waals surface area contributed by atoms with Crippen molar-refractivity contribution in [1.29, 1.82) is 0 Å².